The number of rotatable bonds is 3. The maximum absolute atomic E-state index is 12.4. The minimum absolute atomic E-state index is 0.0434. The van der Waals surface area contributed by atoms with Gasteiger partial charge >= 0.3 is 5.97 Å². The number of carbonyl (C=O) groups is 2. The second kappa shape index (κ2) is 6.46. The van der Waals surface area contributed by atoms with Gasteiger partial charge in [-0.15, -0.1) is 10.2 Å². The van der Waals surface area contributed by atoms with Crippen LogP contribution in [0.1, 0.15) is 61.4 Å². The van der Waals surface area contributed by atoms with Crippen LogP contribution in [0.4, 0.5) is 0 Å². The number of amides is 1. The number of hydrogen-bond acceptors (Lipinski definition) is 4. The highest BCUT2D eigenvalue weighted by Crippen LogP contribution is 2.24. The highest BCUT2D eigenvalue weighted by molar-refractivity contribution is 5.91. The Hall–Kier alpha value is -1.92. The van der Waals surface area contributed by atoms with Crippen LogP contribution in [0.2, 0.25) is 0 Å². The molecule has 0 bridgehead atoms. The van der Waals surface area contributed by atoms with Crippen LogP contribution in [0.15, 0.2) is 0 Å². The van der Waals surface area contributed by atoms with Crippen LogP contribution in [-0.4, -0.2) is 37.8 Å². The van der Waals surface area contributed by atoms with E-state index in [2.05, 4.69) is 15.5 Å². The number of aromatic nitrogens is 3. The molecule has 2 aliphatic rings. The number of hydrogen-bond donors (Lipinski definition) is 2. The number of carbonyl (C=O) groups excluding carboxylic acids is 1. The highest BCUT2D eigenvalue weighted by Gasteiger charge is 2.28. The van der Waals surface area contributed by atoms with Crippen LogP contribution in [0.5, 0.6) is 0 Å². The lowest BCUT2D eigenvalue weighted by molar-refractivity contribution is -0.142. The molecule has 1 aromatic rings. The quantitative estimate of drug-likeness (QED) is 0.879. The number of carboxylic acids is 1. The zero-order chi connectivity index (χ0) is 15.5. The van der Waals surface area contributed by atoms with Crippen LogP contribution in [-0.2, 0) is 17.8 Å². The van der Waals surface area contributed by atoms with E-state index < -0.39 is 5.97 Å². The fourth-order valence-corrected chi connectivity index (χ4v) is 3.39. The molecule has 2 heterocycles. The largest absolute Gasteiger partial charge is 0.481 e. The molecule has 2 N–H and O–H groups in total. The van der Waals surface area contributed by atoms with Crippen molar-refractivity contribution in [2.45, 2.75) is 64.0 Å². The highest BCUT2D eigenvalue weighted by atomic mass is 16.4. The average Bonchev–Trinajstić information content (AvgIpc) is 2.77. The summed E-state index contributed by atoms with van der Waals surface area (Å²) in [5.74, 6) is 0.124. The topological polar surface area (TPSA) is 97.1 Å². The normalized spacial score (nSPS) is 25.1. The van der Waals surface area contributed by atoms with Gasteiger partial charge in [0.25, 0.3) is 5.91 Å². The molecule has 1 aliphatic heterocycles. The molecular formula is C15H22N4O3. The first-order valence-corrected chi connectivity index (χ1v) is 8.11. The standard InChI is InChI=1S/C15H22N4O3/c20-14(16-11-7-5-10(6-8-11)15(21)22)13-18-17-12-4-2-1-3-9-19(12)13/h10-11H,1-9H2,(H,16,20)(H,21,22). The lowest BCUT2D eigenvalue weighted by atomic mass is 9.86. The van der Waals surface area contributed by atoms with E-state index in [0.717, 1.165) is 38.1 Å². The van der Waals surface area contributed by atoms with Crippen molar-refractivity contribution in [2.75, 3.05) is 0 Å². The molecule has 3 rings (SSSR count). The van der Waals surface area contributed by atoms with Gasteiger partial charge in [0.15, 0.2) is 0 Å². The molecule has 0 spiro atoms. The van der Waals surface area contributed by atoms with Gasteiger partial charge in [-0.05, 0) is 38.5 Å². The number of nitrogens with one attached hydrogen (secondary N) is 1. The molecule has 1 amide bonds. The summed E-state index contributed by atoms with van der Waals surface area (Å²) in [6, 6.07) is 0.0434. The predicted molar refractivity (Wildman–Crippen MR) is 78.4 cm³/mol. The Bertz CT molecular complexity index is 561. The Morgan fingerprint density at radius 1 is 1.09 bits per heavy atom. The van der Waals surface area contributed by atoms with E-state index in [1.165, 1.54) is 0 Å². The third-order valence-electron chi connectivity index (χ3n) is 4.72. The van der Waals surface area contributed by atoms with Crippen molar-refractivity contribution in [3.63, 3.8) is 0 Å². The van der Waals surface area contributed by atoms with E-state index in [1.54, 1.807) is 0 Å². The fraction of sp³-hybridized carbons (Fsp3) is 0.733. The van der Waals surface area contributed by atoms with E-state index in [1.807, 2.05) is 4.57 Å². The summed E-state index contributed by atoms with van der Waals surface area (Å²) in [6.45, 7) is 0.802. The molecule has 1 saturated carbocycles. The molecule has 1 aliphatic carbocycles. The van der Waals surface area contributed by atoms with Gasteiger partial charge in [0.05, 0.1) is 5.92 Å². The van der Waals surface area contributed by atoms with E-state index in [-0.39, 0.29) is 17.9 Å². The molecule has 0 radical (unpaired) electrons. The Labute approximate surface area is 129 Å². The lowest BCUT2D eigenvalue weighted by Gasteiger charge is -2.26. The Morgan fingerprint density at radius 2 is 1.86 bits per heavy atom. The van der Waals surface area contributed by atoms with Gasteiger partial charge in [0.1, 0.15) is 5.82 Å². The molecule has 22 heavy (non-hydrogen) atoms. The number of fused-ring (bicyclic) bond motifs is 1. The minimum Gasteiger partial charge on any atom is -0.481 e. The van der Waals surface area contributed by atoms with Crippen molar-refractivity contribution in [1.82, 2.24) is 20.1 Å². The zero-order valence-corrected chi connectivity index (χ0v) is 12.6. The molecule has 120 valence electrons. The first kappa shape index (κ1) is 15.0. The van der Waals surface area contributed by atoms with Crippen LogP contribution in [0, 0.1) is 5.92 Å². The van der Waals surface area contributed by atoms with Crippen LogP contribution in [0.3, 0.4) is 0 Å². The smallest absolute Gasteiger partial charge is 0.306 e. The van der Waals surface area contributed by atoms with Crippen molar-refractivity contribution < 1.29 is 14.7 Å². The Morgan fingerprint density at radius 3 is 2.59 bits per heavy atom. The summed E-state index contributed by atoms with van der Waals surface area (Å²) < 4.78 is 1.94. The Balaban J connectivity index is 1.61. The summed E-state index contributed by atoms with van der Waals surface area (Å²) >= 11 is 0. The summed E-state index contributed by atoms with van der Waals surface area (Å²) in [6.07, 6.45) is 6.85. The van der Waals surface area contributed by atoms with E-state index in [4.69, 9.17) is 5.11 Å². The van der Waals surface area contributed by atoms with Crippen molar-refractivity contribution in [1.29, 1.82) is 0 Å². The fourth-order valence-electron chi connectivity index (χ4n) is 3.39. The predicted octanol–water partition coefficient (Wildman–Crippen LogP) is 1.38. The van der Waals surface area contributed by atoms with Gasteiger partial charge in [-0.2, -0.15) is 0 Å². The molecule has 1 aromatic heterocycles. The molecule has 0 unspecified atom stereocenters. The second-order valence-electron chi connectivity index (χ2n) is 6.26. The van der Waals surface area contributed by atoms with Crippen molar-refractivity contribution >= 4 is 11.9 Å². The number of aryl methyl sites for hydroxylation is 1. The van der Waals surface area contributed by atoms with Crippen LogP contribution in [0.25, 0.3) is 0 Å². The maximum atomic E-state index is 12.4. The van der Waals surface area contributed by atoms with Gasteiger partial charge in [-0.1, -0.05) is 6.42 Å². The van der Waals surface area contributed by atoms with Crippen LogP contribution >= 0.6 is 0 Å². The number of aliphatic carboxylic acids is 1. The minimum atomic E-state index is -0.729. The van der Waals surface area contributed by atoms with Gasteiger partial charge in [-0.25, -0.2) is 0 Å². The van der Waals surface area contributed by atoms with Crippen molar-refractivity contribution in [3.8, 4) is 0 Å². The third-order valence-corrected chi connectivity index (χ3v) is 4.72. The van der Waals surface area contributed by atoms with Gasteiger partial charge < -0.3 is 15.0 Å². The van der Waals surface area contributed by atoms with Crippen molar-refractivity contribution in [3.05, 3.63) is 11.6 Å². The first-order valence-electron chi connectivity index (χ1n) is 8.11. The summed E-state index contributed by atoms with van der Waals surface area (Å²) in [5.41, 5.74) is 0. The molecule has 0 saturated heterocycles. The van der Waals surface area contributed by atoms with E-state index >= 15 is 0 Å². The molecule has 0 atom stereocenters. The van der Waals surface area contributed by atoms with Crippen molar-refractivity contribution in [2.24, 2.45) is 5.92 Å². The van der Waals surface area contributed by atoms with E-state index in [9.17, 15) is 9.59 Å². The maximum Gasteiger partial charge on any atom is 0.306 e. The van der Waals surface area contributed by atoms with E-state index in [0.29, 0.717) is 31.5 Å². The number of nitrogens with zero attached hydrogens (tertiary/aromatic N) is 3. The molecule has 1 fully saturated rings. The summed E-state index contributed by atoms with van der Waals surface area (Å²) in [7, 11) is 0. The summed E-state index contributed by atoms with van der Waals surface area (Å²) in [5, 5.41) is 20.2. The monoisotopic (exact) mass is 306 g/mol. The van der Waals surface area contributed by atoms with Crippen LogP contribution < -0.4 is 5.32 Å². The van der Waals surface area contributed by atoms with Gasteiger partial charge in [0.2, 0.25) is 5.82 Å². The third kappa shape index (κ3) is 3.13. The second-order valence-corrected chi connectivity index (χ2v) is 6.26. The SMILES string of the molecule is O=C(NC1CCC(C(=O)O)CC1)c1nnc2n1CCCCC2. The van der Waals surface area contributed by atoms with Gasteiger partial charge in [0, 0.05) is 19.0 Å². The first-order chi connectivity index (χ1) is 10.6. The molecule has 0 aromatic carbocycles. The lowest BCUT2D eigenvalue weighted by Crippen LogP contribution is -2.39. The molecular weight excluding hydrogens is 284 g/mol. The number of carboxylic acid groups (broad SMARTS) is 1. The Kier molecular flexibility index (Phi) is 4.40. The molecule has 7 nitrogen and oxygen atoms in total. The zero-order valence-electron chi connectivity index (χ0n) is 12.6. The average molecular weight is 306 g/mol. The van der Waals surface area contributed by atoms with Gasteiger partial charge in [-0.3, -0.25) is 9.59 Å². The summed E-state index contributed by atoms with van der Waals surface area (Å²) in [4.78, 5) is 23.4. The molecule has 7 heteroatoms.